The fourth-order valence-electron chi connectivity index (χ4n) is 4.24. The molecule has 0 bridgehead atoms. The highest BCUT2D eigenvalue weighted by molar-refractivity contribution is 5.33. The van der Waals surface area contributed by atoms with Gasteiger partial charge in [-0.05, 0) is 24.3 Å². The first kappa shape index (κ1) is 19.5. The monoisotopic (exact) mass is 391 g/mol. The molecule has 132 valence electrons. The fraction of sp³-hybridized carbons (Fsp3) is 0.619. The lowest BCUT2D eigenvalue weighted by Gasteiger charge is -2.35. The summed E-state index contributed by atoms with van der Waals surface area (Å²) >= 11 is 0. The fourth-order valence-corrected chi connectivity index (χ4v) is 4.24. The van der Waals surface area contributed by atoms with E-state index >= 15 is 0 Å². The Hall–Kier alpha value is -0.820. The van der Waals surface area contributed by atoms with Gasteiger partial charge in [-0.15, -0.1) is 0 Å². The summed E-state index contributed by atoms with van der Waals surface area (Å²) in [5.41, 5.74) is 0.00378. The lowest BCUT2D eigenvalue weighted by molar-refractivity contribution is -0.890. The molecule has 2 fully saturated rings. The van der Waals surface area contributed by atoms with Gasteiger partial charge in [0.25, 0.3) is 0 Å². The van der Waals surface area contributed by atoms with Crippen LogP contribution in [0, 0.1) is 17.8 Å². The number of nitrogens with zero attached hydrogens (tertiary/aromatic N) is 1. The first-order chi connectivity index (χ1) is 11.1. The molecule has 1 aliphatic heterocycles. The second-order valence-corrected chi connectivity index (χ2v) is 7.70. The third-order valence-electron chi connectivity index (χ3n) is 5.80. The Bertz CT molecular complexity index is 564. The Morgan fingerprint density at radius 2 is 1.67 bits per heavy atom. The van der Waals surface area contributed by atoms with Crippen molar-refractivity contribution in [2.75, 3.05) is 26.7 Å². The number of hydrogen-bond acceptors (Lipinski definition) is 1. The maximum absolute atomic E-state index is 11.5. The molecule has 3 rings (SSSR count). The van der Waals surface area contributed by atoms with Gasteiger partial charge >= 0.3 is 0 Å². The van der Waals surface area contributed by atoms with E-state index in [1.807, 2.05) is 30.3 Å². The lowest BCUT2D eigenvalue weighted by atomic mass is 9.73. The molecule has 1 N–H and O–H groups in total. The minimum Gasteiger partial charge on any atom is -1.00 e. The second kappa shape index (κ2) is 8.52. The van der Waals surface area contributed by atoms with Crippen LogP contribution in [0.1, 0.15) is 50.5 Å². The van der Waals surface area contributed by atoms with Crippen molar-refractivity contribution in [3.8, 4) is 11.8 Å². The summed E-state index contributed by atoms with van der Waals surface area (Å²) in [6, 6.07) is 10.1. The molecule has 1 aliphatic carbocycles. The van der Waals surface area contributed by atoms with Crippen LogP contribution < -0.4 is 17.0 Å². The zero-order valence-corrected chi connectivity index (χ0v) is 16.4. The van der Waals surface area contributed by atoms with Crippen LogP contribution in [-0.4, -0.2) is 36.3 Å². The zero-order chi connectivity index (χ0) is 16.2. The Balaban J connectivity index is 0.00000208. The predicted molar refractivity (Wildman–Crippen MR) is 94.7 cm³/mol. The van der Waals surface area contributed by atoms with Crippen LogP contribution in [0.5, 0.6) is 0 Å². The number of hydrogen-bond donors (Lipinski definition) is 1. The van der Waals surface area contributed by atoms with E-state index in [4.69, 9.17) is 0 Å². The summed E-state index contributed by atoms with van der Waals surface area (Å²) in [7, 11) is 2.30. The van der Waals surface area contributed by atoms with Crippen LogP contribution in [0.4, 0.5) is 0 Å². The lowest BCUT2D eigenvalue weighted by Crippen LogP contribution is -3.00. The van der Waals surface area contributed by atoms with Gasteiger partial charge < -0.3 is 26.6 Å². The van der Waals surface area contributed by atoms with Gasteiger partial charge in [0.15, 0.2) is 5.60 Å². The van der Waals surface area contributed by atoms with Crippen molar-refractivity contribution in [3.05, 3.63) is 35.9 Å². The molecule has 1 heterocycles. The zero-order valence-electron chi connectivity index (χ0n) is 14.8. The van der Waals surface area contributed by atoms with Crippen LogP contribution in [0.2, 0.25) is 0 Å². The molecule has 0 amide bonds. The van der Waals surface area contributed by atoms with E-state index in [-0.39, 0.29) is 22.9 Å². The minimum absolute atomic E-state index is 0. The molecular formula is C21H30BrNO. The van der Waals surface area contributed by atoms with Crippen molar-refractivity contribution < 1.29 is 26.6 Å². The van der Waals surface area contributed by atoms with Crippen LogP contribution in [0.3, 0.4) is 0 Å². The molecule has 1 aromatic rings. The Labute approximate surface area is 157 Å². The van der Waals surface area contributed by atoms with E-state index in [0.717, 1.165) is 29.4 Å². The van der Waals surface area contributed by atoms with Crippen molar-refractivity contribution in [2.24, 2.45) is 5.92 Å². The molecule has 3 heteroatoms. The normalized spacial score (nSPS) is 22.8. The standard InChI is InChI=1S/C21H30NO.BrH/c1-22(16-8-9-17-22)18-10-15-21(23,19-11-4-2-5-12-19)20-13-6-3-7-14-20;/h2,4-5,11-12,20,23H,3,6-9,13-14,16-18H2,1H3;1H/q+1;/p-1. The van der Waals surface area contributed by atoms with E-state index < -0.39 is 5.60 Å². The van der Waals surface area contributed by atoms with Gasteiger partial charge in [0.1, 0.15) is 6.54 Å². The Morgan fingerprint density at radius 1 is 1.04 bits per heavy atom. The van der Waals surface area contributed by atoms with Gasteiger partial charge in [0.2, 0.25) is 0 Å². The topological polar surface area (TPSA) is 20.2 Å². The number of likely N-dealkylation sites (tertiary alicyclic amines) is 1. The van der Waals surface area contributed by atoms with E-state index in [2.05, 4.69) is 18.9 Å². The molecule has 0 spiro atoms. The van der Waals surface area contributed by atoms with Crippen molar-refractivity contribution in [2.45, 2.75) is 50.5 Å². The van der Waals surface area contributed by atoms with Gasteiger partial charge in [-0.3, -0.25) is 0 Å². The number of rotatable bonds is 3. The van der Waals surface area contributed by atoms with Gasteiger partial charge in [-0.25, -0.2) is 0 Å². The highest BCUT2D eigenvalue weighted by Gasteiger charge is 2.37. The molecule has 24 heavy (non-hydrogen) atoms. The summed E-state index contributed by atoms with van der Waals surface area (Å²) in [6.07, 6.45) is 8.53. The largest absolute Gasteiger partial charge is 1.00 e. The van der Waals surface area contributed by atoms with Gasteiger partial charge in [0.05, 0.1) is 20.1 Å². The third-order valence-corrected chi connectivity index (χ3v) is 5.80. The van der Waals surface area contributed by atoms with Gasteiger partial charge in [-0.1, -0.05) is 55.5 Å². The molecule has 2 nitrogen and oxygen atoms in total. The number of halogens is 1. The summed E-state index contributed by atoms with van der Waals surface area (Å²) < 4.78 is 1.04. The highest BCUT2D eigenvalue weighted by Crippen LogP contribution is 2.39. The van der Waals surface area contributed by atoms with Gasteiger partial charge in [0, 0.05) is 18.8 Å². The van der Waals surface area contributed by atoms with E-state index in [1.165, 1.54) is 45.2 Å². The Kier molecular flexibility index (Phi) is 6.92. The van der Waals surface area contributed by atoms with Crippen LogP contribution >= 0.6 is 0 Å². The van der Waals surface area contributed by atoms with Crippen molar-refractivity contribution in [3.63, 3.8) is 0 Å². The highest BCUT2D eigenvalue weighted by atomic mass is 79.9. The summed E-state index contributed by atoms with van der Waals surface area (Å²) in [5, 5.41) is 11.5. The molecule has 1 aromatic carbocycles. The number of benzene rings is 1. The predicted octanol–water partition coefficient (Wildman–Crippen LogP) is 0.702. The van der Waals surface area contributed by atoms with Crippen LogP contribution in [0.15, 0.2) is 30.3 Å². The second-order valence-electron chi connectivity index (χ2n) is 7.70. The first-order valence-corrected chi connectivity index (χ1v) is 9.24. The van der Waals surface area contributed by atoms with E-state index in [9.17, 15) is 5.11 Å². The summed E-state index contributed by atoms with van der Waals surface area (Å²) in [4.78, 5) is 0. The van der Waals surface area contributed by atoms with E-state index in [0.29, 0.717) is 0 Å². The first-order valence-electron chi connectivity index (χ1n) is 9.24. The molecule has 1 saturated carbocycles. The molecule has 0 radical (unpaired) electrons. The maximum atomic E-state index is 11.5. The molecule has 2 aliphatic rings. The third kappa shape index (κ3) is 4.42. The molecule has 1 unspecified atom stereocenters. The van der Waals surface area contributed by atoms with Crippen LogP contribution in [-0.2, 0) is 5.60 Å². The van der Waals surface area contributed by atoms with Crippen molar-refractivity contribution >= 4 is 0 Å². The summed E-state index contributed by atoms with van der Waals surface area (Å²) in [6.45, 7) is 3.31. The number of quaternary nitrogens is 1. The quantitative estimate of drug-likeness (QED) is 0.593. The van der Waals surface area contributed by atoms with Crippen molar-refractivity contribution in [1.82, 2.24) is 0 Å². The van der Waals surface area contributed by atoms with Crippen molar-refractivity contribution in [1.29, 1.82) is 0 Å². The smallest absolute Gasteiger partial charge is 0.153 e. The molecule has 1 saturated heterocycles. The average Bonchev–Trinajstić information content (AvgIpc) is 3.03. The molecule has 1 atom stereocenters. The molecular weight excluding hydrogens is 362 g/mol. The average molecular weight is 392 g/mol. The summed E-state index contributed by atoms with van der Waals surface area (Å²) in [5.74, 6) is 6.97. The SMILES string of the molecule is C[N+]1(CC#CC(O)(c2ccccc2)C2CCCCC2)CCCC1.[Br-]. The number of aliphatic hydroxyl groups is 1. The minimum atomic E-state index is -0.972. The van der Waals surface area contributed by atoms with Crippen LogP contribution in [0.25, 0.3) is 0 Å². The maximum Gasteiger partial charge on any atom is 0.153 e. The molecule has 0 aromatic heterocycles. The van der Waals surface area contributed by atoms with E-state index in [1.54, 1.807) is 0 Å². The van der Waals surface area contributed by atoms with Gasteiger partial charge in [-0.2, -0.15) is 0 Å². The Morgan fingerprint density at radius 3 is 2.29 bits per heavy atom.